The second-order valence-electron chi connectivity index (χ2n) is 4.53. The largest absolute Gasteiger partial charge is 0.497 e. The summed E-state index contributed by atoms with van der Waals surface area (Å²) in [6, 6.07) is 7.79. The van der Waals surface area contributed by atoms with Crippen LogP contribution in [0.25, 0.3) is 0 Å². The molecule has 1 aromatic rings. The van der Waals surface area contributed by atoms with Gasteiger partial charge in [0, 0.05) is 6.07 Å². The minimum atomic E-state index is 0.773. The van der Waals surface area contributed by atoms with Crippen LogP contribution < -0.4 is 14.8 Å². The summed E-state index contributed by atoms with van der Waals surface area (Å²) in [7, 11) is 1.67. The molecule has 3 nitrogen and oxygen atoms in total. The zero-order valence-corrected chi connectivity index (χ0v) is 10.4. The van der Waals surface area contributed by atoms with Gasteiger partial charge < -0.3 is 14.8 Å². The molecule has 1 atom stereocenters. The van der Waals surface area contributed by atoms with Crippen molar-refractivity contribution < 1.29 is 9.47 Å². The average Bonchev–Trinajstić information content (AvgIpc) is 2.40. The van der Waals surface area contributed by atoms with Crippen molar-refractivity contribution in [2.24, 2.45) is 5.92 Å². The topological polar surface area (TPSA) is 30.5 Å². The quantitative estimate of drug-likeness (QED) is 0.850. The van der Waals surface area contributed by atoms with Crippen LogP contribution in [0.3, 0.4) is 0 Å². The summed E-state index contributed by atoms with van der Waals surface area (Å²) in [5.74, 6) is 2.52. The molecule has 2 rings (SSSR count). The lowest BCUT2D eigenvalue weighted by atomic mass is 9.97. The van der Waals surface area contributed by atoms with Gasteiger partial charge in [0.15, 0.2) is 0 Å². The lowest BCUT2D eigenvalue weighted by Crippen LogP contribution is -2.30. The summed E-state index contributed by atoms with van der Waals surface area (Å²) in [5.41, 5.74) is 0. The van der Waals surface area contributed by atoms with Crippen molar-refractivity contribution in [2.75, 3.05) is 26.8 Å². The minimum Gasteiger partial charge on any atom is -0.497 e. The van der Waals surface area contributed by atoms with E-state index in [4.69, 9.17) is 9.47 Å². The first-order chi connectivity index (χ1) is 8.38. The van der Waals surface area contributed by atoms with Crippen LogP contribution >= 0.6 is 0 Å². The highest BCUT2D eigenvalue weighted by Crippen LogP contribution is 2.20. The van der Waals surface area contributed by atoms with Gasteiger partial charge in [0.1, 0.15) is 11.5 Å². The molecule has 0 amide bonds. The van der Waals surface area contributed by atoms with Gasteiger partial charge in [0.05, 0.1) is 13.7 Å². The molecule has 0 aliphatic carbocycles. The molecule has 1 saturated heterocycles. The van der Waals surface area contributed by atoms with Gasteiger partial charge in [-0.05, 0) is 50.4 Å². The molecule has 0 spiro atoms. The molecule has 3 heteroatoms. The van der Waals surface area contributed by atoms with E-state index in [1.807, 2.05) is 24.3 Å². The zero-order chi connectivity index (χ0) is 11.9. The van der Waals surface area contributed by atoms with Crippen LogP contribution in [0.2, 0.25) is 0 Å². The maximum absolute atomic E-state index is 5.74. The van der Waals surface area contributed by atoms with Crippen LogP contribution in [-0.4, -0.2) is 26.8 Å². The van der Waals surface area contributed by atoms with E-state index in [9.17, 15) is 0 Å². The van der Waals surface area contributed by atoms with E-state index < -0.39 is 0 Å². The van der Waals surface area contributed by atoms with Gasteiger partial charge in [-0.15, -0.1) is 0 Å². The highest BCUT2D eigenvalue weighted by Gasteiger charge is 2.12. The molecule has 1 aliphatic heterocycles. The summed E-state index contributed by atoms with van der Waals surface area (Å²) in [4.78, 5) is 0. The van der Waals surface area contributed by atoms with E-state index in [0.29, 0.717) is 0 Å². The number of methoxy groups -OCH3 is 1. The summed E-state index contributed by atoms with van der Waals surface area (Å²) in [6.07, 6.45) is 3.75. The van der Waals surface area contributed by atoms with Gasteiger partial charge >= 0.3 is 0 Å². The molecule has 0 radical (unpaired) electrons. The van der Waals surface area contributed by atoms with Gasteiger partial charge in [0.25, 0.3) is 0 Å². The van der Waals surface area contributed by atoms with Crippen LogP contribution in [0.4, 0.5) is 0 Å². The fourth-order valence-electron chi connectivity index (χ4n) is 2.20. The number of piperidine rings is 1. The molecule has 1 aliphatic rings. The molecule has 0 aromatic heterocycles. The Morgan fingerprint density at radius 2 is 2.24 bits per heavy atom. The Balaban J connectivity index is 1.73. The van der Waals surface area contributed by atoms with Crippen LogP contribution in [-0.2, 0) is 0 Å². The van der Waals surface area contributed by atoms with E-state index >= 15 is 0 Å². The fourth-order valence-corrected chi connectivity index (χ4v) is 2.20. The number of rotatable bonds is 5. The van der Waals surface area contributed by atoms with E-state index in [0.717, 1.165) is 37.0 Å². The predicted octanol–water partition coefficient (Wildman–Crippen LogP) is 2.46. The Kier molecular flexibility index (Phi) is 4.68. The number of hydrogen-bond acceptors (Lipinski definition) is 3. The van der Waals surface area contributed by atoms with Crippen molar-refractivity contribution in [1.29, 1.82) is 0 Å². The van der Waals surface area contributed by atoms with Gasteiger partial charge in [-0.3, -0.25) is 0 Å². The number of benzene rings is 1. The van der Waals surface area contributed by atoms with Crippen LogP contribution in [0.5, 0.6) is 11.5 Å². The maximum atomic E-state index is 5.74. The summed E-state index contributed by atoms with van der Waals surface area (Å²) in [6.45, 7) is 3.11. The molecule has 94 valence electrons. The van der Waals surface area contributed by atoms with Gasteiger partial charge in [-0.25, -0.2) is 0 Å². The van der Waals surface area contributed by atoms with E-state index in [2.05, 4.69) is 5.32 Å². The Morgan fingerprint density at radius 1 is 1.35 bits per heavy atom. The molecule has 0 bridgehead atoms. The molecular formula is C14H21NO2. The molecule has 0 unspecified atom stereocenters. The molecule has 1 fully saturated rings. The summed E-state index contributed by atoms with van der Waals surface area (Å²) < 4.78 is 10.9. The molecule has 1 N–H and O–H groups in total. The third kappa shape index (κ3) is 3.93. The van der Waals surface area contributed by atoms with Crippen LogP contribution in [0.1, 0.15) is 19.3 Å². The molecule has 0 saturated carbocycles. The Labute approximate surface area is 103 Å². The molecule has 1 aromatic carbocycles. The van der Waals surface area contributed by atoms with Crippen molar-refractivity contribution in [1.82, 2.24) is 5.32 Å². The Bertz CT molecular complexity index is 335. The van der Waals surface area contributed by atoms with E-state index in [-0.39, 0.29) is 0 Å². The summed E-state index contributed by atoms with van der Waals surface area (Å²) >= 11 is 0. The maximum Gasteiger partial charge on any atom is 0.122 e. The van der Waals surface area contributed by atoms with E-state index in [1.165, 1.54) is 19.4 Å². The SMILES string of the molecule is COc1cccc(OCC[C@@H]2CCCNC2)c1. The lowest BCUT2D eigenvalue weighted by Gasteiger charge is -2.22. The highest BCUT2D eigenvalue weighted by atomic mass is 16.5. The zero-order valence-electron chi connectivity index (χ0n) is 10.4. The summed E-state index contributed by atoms with van der Waals surface area (Å²) in [5, 5.41) is 3.43. The van der Waals surface area contributed by atoms with Gasteiger partial charge in [0.2, 0.25) is 0 Å². The first kappa shape index (κ1) is 12.2. The number of nitrogens with one attached hydrogen (secondary N) is 1. The molecular weight excluding hydrogens is 214 g/mol. The second kappa shape index (κ2) is 6.50. The Hall–Kier alpha value is -1.22. The fraction of sp³-hybridized carbons (Fsp3) is 0.571. The van der Waals surface area contributed by atoms with E-state index in [1.54, 1.807) is 7.11 Å². The highest BCUT2D eigenvalue weighted by molar-refractivity contribution is 5.32. The third-order valence-electron chi connectivity index (χ3n) is 3.23. The third-order valence-corrected chi connectivity index (χ3v) is 3.23. The number of hydrogen-bond donors (Lipinski definition) is 1. The lowest BCUT2D eigenvalue weighted by molar-refractivity contribution is 0.253. The normalized spacial score (nSPS) is 19.9. The van der Waals surface area contributed by atoms with Gasteiger partial charge in [-0.2, -0.15) is 0 Å². The standard InChI is InChI=1S/C14H21NO2/c1-16-13-5-2-6-14(10-13)17-9-7-12-4-3-8-15-11-12/h2,5-6,10,12,15H,3-4,7-9,11H2,1H3/t12-/m0/s1. The van der Waals surface area contributed by atoms with Gasteiger partial charge in [-0.1, -0.05) is 6.07 Å². The van der Waals surface area contributed by atoms with Crippen LogP contribution in [0.15, 0.2) is 24.3 Å². The van der Waals surface area contributed by atoms with Crippen molar-refractivity contribution in [3.05, 3.63) is 24.3 Å². The first-order valence-electron chi connectivity index (χ1n) is 6.36. The minimum absolute atomic E-state index is 0.773. The van der Waals surface area contributed by atoms with Crippen molar-refractivity contribution in [3.8, 4) is 11.5 Å². The molecule has 17 heavy (non-hydrogen) atoms. The smallest absolute Gasteiger partial charge is 0.122 e. The first-order valence-corrected chi connectivity index (χ1v) is 6.36. The predicted molar refractivity (Wildman–Crippen MR) is 68.7 cm³/mol. The molecule has 1 heterocycles. The number of ether oxygens (including phenoxy) is 2. The Morgan fingerprint density at radius 3 is 3.00 bits per heavy atom. The van der Waals surface area contributed by atoms with Crippen molar-refractivity contribution in [3.63, 3.8) is 0 Å². The monoisotopic (exact) mass is 235 g/mol. The van der Waals surface area contributed by atoms with Crippen LogP contribution in [0, 0.1) is 5.92 Å². The van der Waals surface area contributed by atoms with Crippen molar-refractivity contribution >= 4 is 0 Å². The average molecular weight is 235 g/mol. The second-order valence-corrected chi connectivity index (χ2v) is 4.53. The van der Waals surface area contributed by atoms with Crippen molar-refractivity contribution in [2.45, 2.75) is 19.3 Å².